The van der Waals surface area contributed by atoms with Gasteiger partial charge in [0.2, 0.25) is 0 Å². The van der Waals surface area contributed by atoms with Crippen LogP contribution in [0.25, 0.3) is 16.6 Å². The van der Waals surface area contributed by atoms with Gasteiger partial charge in [-0.1, -0.05) is 63.1 Å². The summed E-state index contributed by atoms with van der Waals surface area (Å²) in [6, 6.07) is 12.6. The highest BCUT2D eigenvalue weighted by atomic mass is 35.5. The number of allylic oxidation sites excluding steroid dienone is 4. The number of para-hydroxylation sites is 2. The Morgan fingerprint density at radius 2 is 1.89 bits per heavy atom. The van der Waals surface area contributed by atoms with E-state index in [2.05, 4.69) is 24.1 Å². The van der Waals surface area contributed by atoms with Crippen LogP contribution in [-0.2, 0) is 0 Å². The maximum absolute atomic E-state index is 12.9. The van der Waals surface area contributed by atoms with Gasteiger partial charge in [-0.2, -0.15) is 0 Å². The lowest BCUT2D eigenvalue weighted by molar-refractivity contribution is 0.0695. The van der Waals surface area contributed by atoms with Gasteiger partial charge in [-0.15, -0.1) is 11.6 Å². The molecule has 0 saturated heterocycles. The Labute approximate surface area is 210 Å². The van der Waals surface area contributed by atoms with E-state index in [1.807, 2.05) is 42.5 Å². The summed E-state index contributed by atoms with van der Waals surface area (Å²) in [6.07, 6.45) is 9.31. The number of alkyl halides is 1. The van der Waals surface area contributed by atoms with Crippen molar-refractivity contribution >= 4 is 40.1 Å². The van der Waals surface area contributed by atoms with E-state index in [1.165, 1.54) is 6.07 Å². The summed E-state index contributed by atoms with van der Waals surface area (Å²) in [6.45, 7) is 4.17. The zero-order valence-electron chi connectivity index (χ0n) is 19.9. The zero-order valence-corrected chi connectivity index (χ0v) is 20.7. The van der Waals surface area contributed by atoms with Gasteiger partial charge in [-0.05, 0) is 42.7 Å². The molecular weight excluding hydrogens is 462 g/mol. The average molecular weight is 492 g/mol. The second-order valence-corrected chi connectivity index (χ2v) is 9.39. The lowest BCUT2D eigenvalue weighted by Crippen LogP contribution is -2.34. The third-order valence-corrected chi connectivity index (χ3v) is 6.77. The van der Waals surface area contributed by atoms with E-state index in [0.29, 0.717) is 17.0 Å². The van der Waals surface area contributed by atoms with Crippen LogP contribution in [0.5, 0.6) is 0 Å². The molecule has 0 fully saturated rings. The van der Waals surface area contributed by atoms with Gasteiger partial charge >= 0.3 is 5.97 Å². The molecule has 3 aromatic rings. The third-order valence-electron chi connectivity index (χ3n) is 6.38. The average Bonchev–Trinajstić information content (AvgIpc) is 3.28. The van der Waals surface area contributed by atoms with Crippen LogP contribution >= 0.6 is 11.6 Å². The first-order valence-corrected chi connectivity index (χ1v) is 12.5. The first-order valence-electron chi connectivity index (χ1n) is 12.1. The second-order valence-electron chi connectivity index (χ2n) is 8.89. The van der Waals surface area contributed by atoms with E-state index < -0.39 is 17.3 Å². The van der Waals surface area contributed by atoms with E-state index >= 15 is 0 Å². The minimum atomic E-state index is -1.10. The van der Waals surface area contributed by atoms with Crippen molar-refractivity contribution in [2.24, 2.45) is 0 Å². The largest absolute Gasteiger partial charge is 0.478 e. The van der Waals surface area contributed by atoms with E-state index in [0.717, 1.165) is 42.3 Å². The number of carbonyl (C=O) groups is 2. The fourth-order valence-electron chi connectivity index (χ4n) is 4.71. The van der Waals surface area contributed by atoms with Crippen LogP contribution in [0.15, 0.2) is 60.7 Å². The molecule has 1 heterocycles. The van der Waals surface area contributed by atoms with Gasteiger partial charge in [0.1, 0.15) is 5.82 Å². The quantitative estimate of drug-likeness (QED) is 0.306. The van der Waals surface area contributed by atoms with E-state index in [9.17, 15) is 14.7 Å². The van der Waals surface area contributed by atoms with Crippen molar-refractivity contribution in [1.29, 1.82) is 0 Å². The van der Waals surface area contributed by atoms with Crippen molar-refractivity contribution < 1.29 is 14.7 Å². The first-order chi connectivity index (χ1) is 16.9. The number of hydrogen-bond acceptors (Lipinski definition) is 3. The molecule has 0 bridgehead atoms. The number of aromatic amines is 1. The molecule has 0 spiro atoms. The van der Waals surface area contributed by atoms with Crippen molar-refractivity contribution in [3.63, 3.8) is 0 Å². The Morgan fingerprint density at radius 3 is 2.57 bits per heavy atom. The number of nitrogens with one attached hydrogen (secondary N) is 2. The lowest BCUT2D eigenvalue weighted by atomic mass is 9.81. The number of nitrogens with zero attached hydrogens (tertiary/aromatic N) is 1. The maximum atomic E-state index is 12.9. The van der Waals surface area contributed by atoms with Gasteiger partial charge < -0.3 is 15.4 Å². The topological polar surface area (TPSA) is 95.1 Å². The minimum Gasteiger partial charge on any atom is -0.478 e. The van der Waals surface area contributed by atoms with Crippen LogP contribution in [0.3, 0.4) is 0 Å². The Kier molecular flexibility index (Phi) is 7.71. The van der Waals surface area contributed by atoms with Crippen LogP contribution in [0.4, 0.5) is 0 Å². The van der Waals surface area contributed by atoms with Crippen LogP contribution < -0.4 is 5.32 Å². The number of carboxylic acids is 1. The molecule has 0 radical (unpaired) electrons. The standard InChI is InChI=1S/C28H30ClN3O3/c1-3-8-18(9-4-2)30-27(33)17-14-15-19(21(16-17)28(34)35)25-20(10-7-11-22(25)29)26-31-23-12-5-6-13-24(23)32-26/h5-7,10-16,18,22,25H,3-4,8-9H2,1-2H3,(H,30,33)(H,31,32)(H,34,35)/t22-,25?/m0/s1. The fraction of sp³-hybridized carbons (Fsp3) is 0.321. The van der Waals surface area contributed by atoms with Crippen LogP contribution in [0, 0.1) is 0 Å². The van der Waals surface area contributed by atoms with Gasteiger partial charge in [-0.25, -0.2) is 9.78 Å². The van der Waals surface area contributed by atoms with Crippen molar-refractivity contribution in [3.8, 4) is 0 Å². The summed E-state index contributed by atoms with van der Waals surface area (Å²) in [4.78, 5) is 33.3. The second kappa shape index (κ2) is 10.9. The molecule has 7 heteroatoms. The van der Waals surface area contributed by atoms with Gasteiger partial charge in [0.25, 0.3) is 5.91 Å². The smallest absolute Gasteiger partial charge is 0.336 e. The van der Waals surface area contributed by atoms with Gasteiger partial charge in [0.05, 0.1) is 22.0 Å². The van der Waals surface area contributed by atoms with Crippen molar-refractivity contribution in [3.05, 3.63) is 83.2 Å². The number of hydrogen-bond donors (Lipinski definition) is 3. The molecule has 1 aliphatic rings. The van der Waals surface area contributed by atoms with E-state index in [-0.39, 0.29) is 17.5 Å². The van der Waals surface area contributed by atoms with E-state index in [1.54, 1.807) is 12.1 Å². The molecule has 1 amide bonds. The molecule has 1 aliphatic carbocycles. The summed E-state index contributed by atoms with van der Waals surface area (Å²) >= 11 is 6.74. The Bertz CT molecular complexity index is 1250. The third kappa shape index (κ3) is 5.33. The summed E-state index contributed by atoms with van der Waals surface area (Å²) in [5, 5.41) is 12.7. The lowest BCUT2D eigenvalue weighted by Gasteiger charge is -2.27. The summed E-state index contributed by atoms with van der Waals surface area (Å²) in [5.41, 5.74) is 3.45. The van der Waals surface area contributed by atoms with Gasteiger partial charge in [0.15, 0.2) is 0 Å². The number of aromatic nitrogens is 2. The van der Waals surface area contributed by atoms with Crippen LogP contribution in [-0.4, -0.2) is 38.4 Å². The monoisotopic (exact) mass is 491 g/mol. The van der Waals surface area contributed by atoms with Gasteiger partial charge in [0, 0.05) is 23.1 Å². The number of H-pyrrole nitrogens is 1. The highest BCUT2D eigenvalue weighted by Gasteiger charge is 2.32. The fourth-order valence-corrected chi connectivity index (χ4v) is 5.07. The summed E-state index contributed by atoms with van der Waals surface area (Å²) in [5.74, 6) is -1.16. The maximum Gasteiger partial charge on any atom is 0.336 e. The molecule has 2 atom stereocenters. The number of imidazole rings is 1. The molecule has 3 N–H and O–H groups in total. The normalized spacial score (nSPS) is 17.5. The highest BCUT2D eigenvalue weighted by Crippen LogP contribution is 2.41. The predicted octanol–water partition coefficient (Wildman–Crippen LogP) is 6.30. The molecule has 35 heavy (non-hydrogen) atoms. The number of fused-ring (bicyclic) bond motifs is 1. The van der Waals surface area contributed by atoms with Crippen LogP contribution in [0.1, 0.15) is 77.6 Å². The molecule has 1 aromatic heterocycles. The molecule has 0 aliphatic heterocycles. The molecule has 4 rings (SSSR count). The Balaban J connectivity index is 1.70. The Hall–Kier alpha value is -3.38. The molecule has 182 valence electrons. The highest BCUT2D eigenvalue weighted by molar-refractivity contribution is 6.23. The number of aromatic carboxylic acids is 1. The van der Waals surface area contributed by atoms with Crippen molar-refractivity contribution in [2.45, 2.75) is 56.9 Å². The number of halogens is 1. The number of carbonyl (C=O) groups excluding carboxylic acids is 1. The Morgan fingerprint density at radius 1 is 1.14 bits per heavy atom. The predicted molar refractivity (Wildman–Crippen MR) is 140 cm³/mol. The number of carboxylic acid groups (broad SMARTS) is 1. The van der Waals surface area contributed by atoms with Crippen LogP contribution in [0.2, 0.25) is 0 Å². The van der Waals surface area contributed by atoms with Crippen molar-refractivity contribution in [1.82, 2.24) is 15.3 Å². The first kappa shape index (κ1) is 24.7. The number of amides is 1. The molecular formula is C28H30ClN3O3. The van der Waals surface area contributed by atoms with Crippen molar-refractivity contribution in [2.75, 3.05) is 0 Å². The molecule has 1 unspecified atom stereocenters. The molecule has 0 saturated carbocycles. The van der Waals surface area contributed by atoms with Gasteiger partial charge in [-0.3, -0.25) is 4.79 Å². The minimum absolute atomic E-state index is 0.0631. The number of benzene rings is 2. The zero-order chi connectivity index (χ0) is 24.9. The summed E-state index contributed by atoms with van der Waals surface area (Å²) in [7, 11) is 0. The molecule has 2 aromatic carbocycles. The SMILES string of the molecule is CCCC(CCC)NC(=O)c1ccc(C2C(c3nc4ccccc4[nH]3)=CC=C[C@@H]2Cl)c(C(=O)O)c1. The summed E-state index contributed by atoms with van der Waals surface area (Å²) < 4.78 is 0. The molecule has 6 nitrogen and oxygen atoms in total. The number of rotatable bonds is 9. The van der Waals surface area contributed by atoms with E-state index in [4.69, 9.17) is 16.6 Å².